The molecule has 58 valence electrons. The van der Waals surface area contributed by atoms with E-state index in [1.807, 2.05) is 0 Å². The second kappa shape index (κ2) is 3.84. The lowest BCUT2D eigenvalue weighted by Gasteiger charge is -1.99. The van der Waals surface area contributed by atoms with Gasteiger partial charge in [0.2, 0.25) is 0 Å². The number of carboxylic acid groups (broad SMARTS) is 1. The van der Waals surface area contributed by atoms with E-state index in [-0.39, 0.29) is 12.8 Å². The molecule has 6 N–H and O–H groups in total. The van der Waals surface area contributed by atoms with Crippen molar-refractivity contribution in [3.63, 3.8) is 0 Å². The van der Waals surface area contributed by atoms with Crippen molar-refractivity contribution in [3.05, 3.63) is 0 Å². The van der Waals surface area contributed by atoms with Gasteiger partial charge in [-0.15, -0.1) is 0 Å². The van der Waals surface area contributed by atoms with Crippen molar-refractivity contribution in [3.8, 4) is 0 Å². The molecular weight excluding hydrogens is 136 g/mol. The fourth-order valence-electron chi connectivity index (χ4n) is 0.440. The van der Waals surface area contributed by atoms with Gasteiger partial charge in [-0.05, 0) is 0 Å². The average molecular weight is 147 g/mol. The molecule has 0 aromatic carbocycles. The topological polar surface area (TPSA) is 108 Å². The van der Waals surface area contributed by atoms with Gasteiger partial charge in [0, 0.05) is 6.42 Å². The second-order valence-electron chi connectivity index (χ2n) is 2.03. The maximum absolute atomic E-state index is 10.3. The van der Waals surface area contributed by atoms with Crippen LogP contribution in [0.3, 0.4) is 0 Å². The van der Waals surface area contributed by atoms with E-state index in [4.69, 9.17) is 10.8 Å². The van der Waals surface area contributed by atoms with E-state index < -0.39 is 17.9 Å². The molecule has 0 rings (SSSR count). The first kappa shape index (κ1) is 8.90. The number of hydrogen-bond acceptors (Lipinski definition) is 2. The van der Waals surface area contributed by atoms with Gasteiger partial charge in [-0.2, -0.15) is 0 Å². The number of quaternary nitrogens is 1. The van der Waals surface area contributed by atoms with Gasteiger partial charge in [-0.25, -0.2) is 0 Å². The van der Waals surface area contributed by atoms with Crippen molar-refractivity contribution in [1.82, 2.24) is 0 Å². The summed E-state index contributed by atoms with van der Waals surface area (Å²) in [6.45, 7) is 0. The minimum absolute atomic E-state index is 0.0584. The number of carboxylic acids is 1. The highest BCUT2D eigenvalue weighted by Crippen LogP contribution is 1.90. The summed E-state index contributed by atoms with van der Waals surface area (Å²) in [5.74, 6) is -1.49. The molecule has 0 unspecified atom stereocenters. The summed E-state index contributed by atoms with van der Waals surface area (Å²) >= 11 is 0. The Hall–Kier alpha value is -1.10. The van der Waals surface area contributed by atoms with Crippen LogP contribution in [0.5, 0.6) is 0 Å². The molecule has 0 saturated carbocycles. The van der Waals surface area contributed by atoms with E-state index in [9.17, 15) is 9.59 Å². The standard InChI is InChI=1S/C5H10N2O3/c6-3(5(7)10)1-2-4(8)9/h3H,1-2,6H2,(H2,7,10)(H,8,9)/p+1/t3-/m0/s1. The molecule has 0 saturated heterocycles. The smallest absolute Gasteiger partial charge is 0.303 e. The predicted octanol–water partition coefficient (Wildman–Crippen LogP) is -2.05. The molecule has 0 fully saturated rings. The number of carbonyl (C=O) groups excluding carboxylic acids is 1. The van der Waals surface area contributed by atoms with Crippen LogP contribution in [-0.4, -0.2) is 23.0 Å². The van der Waals surface area contributed by atoms with Gasteiger partial charge in [0.15, 0.2) is 6.04 Å². The van der Waals surface area contributed by atoms with E-state index >= 15 is 0 Å². The summed E-state index contributed by atoms with van der Waals surface area (Å²) < 4.78 is 0. The zero-order valence-electron chi connectivity index (χ0n) is 5.54. The van der Waals surface area contributed by atoms with Gasteiger partial charge in [0.05, 0.1) is 6.42 Å². The number of carbonyl (C=O) groups is 2. The third kappa shape index (κ3) is 3.85. The van der Waals surface area contributed by atoms with Gasteiger partial charge in [-0.1, -0.05) is 0 Å². The van der Waals surface area contributed by atoms with Crippen LogP contribution < -0.4 is 11.5 Å². The Morgan fingerprint density at radius 3 is 2.40 bits per heavy atom. The molecule has 0 radical (unpaired) electrons. The van der Waals surface area contributed by atoms with Gasteiger partial charge in [-0.3, -0.25) is 9.59 Å². The molecule has 0 aromatic rings. The summed E-state index contributed by atoms with van der Waals surface area (Å²) in [7, 11) is 0. The second-order valence-corrected chi connectivity index (χ2v) is 2.03. The third-order valence-electron chi connectivity index (χ3n) is 1.11. The molecule has 0 aromatic heterocycles. The number of amides is 1. The Bertz CT molecular complexity index is 146. The fraction of sp³-hybridized carbons (Fsp3) is 0.600. The van der Waals surface area contributed by atoms with Crippen LogP contribution in [0.1, 0.15) is 12.8 Å². The number of primary amides is 1. The quantitative estimate of drug-likeness (QED) is 0.425. The number of nitrogens with two attached hydrogens (primary N) is 1. The molecule has 0 aliphatic carbocycles. The molecular formula is C5H11N2O3+. The van der Waals surface area contributed by atoms with Crippen molar-refractivity contribution < 1.29 is 20.4 Å². The van der Waals surface area contributed by atoms with Crippen LogP contribution in [0, 0.1) is 0 Å². The van der Waals surface area contributed by atoms with E-state index in [2.05, 4.69) is 5.73 Å². The highest BCUT2D eigenvalue weighted by atomic mass is 16.4. The number of aliphatic carboxylic acids is 1. The zero-order chi connectivity index (χ0) is 8.15. The van der Waals surface area contributed by atoms with E-state index in [1.165, 1.54) is 0 Å². The van der Waals surface area contributed by atoms with Gasteiger partial charge < -0.3 is 16.6 Å². The normalized spacial score (nSPS) is 12.5. The SMILES string of the molecule is NC(=O)[C@@H]([NH3+])CCC(=O)O. The first-order valence-corrected chi connectivity index (χ1v) is 2.88. The summed E-state index contributed by atoms with van der Waals surface area (Å²) in [6.07, 6.45) is 0.155. The molecule has 5 heteroatoms. The predicted molar refractivity (Wildman–Crippen MR) is 32.7 cm³/mol. The van der Waals surface area contributed by atoms with Crippen LogP contribution >= 0.6 is 0 Å². The maximum atomic E-state index is 10.3. The minimum Gasteiger partial charge on any atom is -0.481 e. The first-order valence-electron chi connectivity index (χ1n) is 2.88. The largest absolute Gasteiger partial charge is 0.481 e. The molecule has 1 atom stereocenters. The van der Waals surface area contributed by atoms with E-state index in [1.54, 1.807) is 0 Å². The van der Waals surface area contributed by atoms with Crippen LogP contribution in [0.15, 0.2) is 0 Å². The first-order chi connectivity index (χ1) is 4.54. The van der Waals surface area contributed by atoms with Crippen molar-refractivity contribution in [2.24, 2.45) is 5.73 Å². The molecule has 1 amide bonds. The lowest BCUT2D eigenvalue weighted by Crippen LogP contribution is -2.66. The van der Waals surface area contributed by atoms with Crippen molar-refractivity contribution in [2.45, 2.75) is 18.9 Å². The molecule has 5 nitrogen and oxygen atoms in total. The van der Waals surface area contributed by atoms with Crippen molar-refractivity contribution in [2.75, 3.05) is 0 Å². The lowest BCUT2D eigenvalue weighted by molar-refractivity contribution is -0.404. The Labute approximate surface area is 58.0 Å². The maximum Gasteiger partial charge on any atom is 0.303 e. The summed E-state index contributed by atoms with van der Waals surface area (Å²) in [5.41, 5.74) is 8.20. The Morgan fingerprint density at radius 1 is 1.60 bits per heavy atom. The average Bonchev–Trinajstić information content (AvgIpc) is 1.82. The molecule has 0 heterocycles. The van der Waals surface area contributed by atoms with Crippen LogP contribution in [0.4, 0.5) is 0 Å². The van der Waals surface area contributed by atoms with Crippen molar-refractivity contribution >= 4 is 11.9 Å². The molecule has 10 heavy (non-hydrogen) atoms. The zero-order valence-corrected chi connectivity index (χ0v) is 5.54. The van der Waals surface area contributed by atoms with Crippen molar-refractivity contribution in [1.29, 1.82) is 0 Å². The van der Waals surface area contributed by atoms with Crippen LogP contribution in [0.2, 0.25) is 0 Å². The molecule has 0 aliphatic rings. The van der Waals surface area contributed by atoms with E-state index in [0.717, 1.165) is 0 Å². The van der Waals surface area contributed by atoms with Crippen LogP contribution in [-0.2, 0) is 9.59 Å². The molecule has 0 aliphatic heterocycles. The van der Waals surface area contributed by atoms with Gasteiger partial charge in [0.25, 0.3) is 5.91 Å². The number of rotatable bonds is 4. The van der Waals surface area contributed by atoms with Gasteiger partial charge >= 0.3 is 5.97 Å². The fourth-order valence-corrected chi connectivity index (χ4v) is 0.440. The van der Waals surface area contributed by atoms with Gasteiger partial charge in [0.1, 0.15) is 0 Å². The van der Waals surface area contributed by atoms with E-state index in [0.29, 0.717) is 0 Å². The Morgan fingerprint density at radius 2 is 2.10 bits per heavy atom. The minimum atomic E-state index is -0.935. The lowest BCUT2D eigenvalue weighted by atomic mass is 10.1. The number of hydrogen-bond donors (Lipinski definition) is 3. The van der Waals surface area contributed by atoms with Crippen LogP contribution in [0.25, 0.3) is 0 Å². The molecule has 0 spiro atoms. The summed E-state index contributed by atoms with van der Waals surface area (Å²) in [4.78, 5) is 20.2. The summed E-state index contributed by atoms with van der Waals surface area (Å²) in [6, 6.07) is -0.587. The molecule has 0 bridgehead atoms. The Balaban J connectivity index is 3.49. The summed E-state index contributed by atoms with van der Waals surface area (Å²) in [5, 5.41) is 8.16. The highest BCUT2D eigenvalue weighted by Gasteiger charge is 2.13. The monoisotopic (exact) mass is 147 g/mol. The Kier molecular flexibility index (Phi) is 3.42. The highest BCUT2D eigenvalue weighted by molar-refractivity contribution is 5.78. The third-order valence-corrected chi connectivity index (χ3v) is 1.11.